The SMILES string of the molecule is CC(C)(C)c1ccc(COC(=O)c2cc3ccccc3o2)cc1. The fourth-order valence-electron chi connectivity index (χ4n) is 2.40. The summed E-state index contributed by atoms with van der Waals surface area (Å²) in [6.45, 7) is 6.75. The fraction of sp³-hybridized carbons (Fsp3) is 0.250. The van der Waals surface area contributed by atoms with Gasteiger partial charge in [0.25, 0.3) is 0 Å². The Kier molecular flexibility index (Phi) is 3.95. The van der Waals surface area contributed by atoms with Crippen LogP contribution in [0.5, 0.6) is 0 Å². The third kappa shape index (κ3) is 3.45. The van der Waals surface area contributed by atoms with Crippen molar-refractivity contribution in [2.24, 2.45) is 0 Å². The summed E-state index contributed by atoms with van der Waals surface area (Å²) in [6.07, 6.45) is 0. The van der Waals surface area contributed by atoms with Crippen LogP contribution in [0.4, 0.5) is 0 Å². The maximum atomic E-state index is 12.1. The zero-order chi connectivity index (χ0) is 16.4. The number of hydrogen-bond acceptors (Lipinski definition) is 3. The van der Waals surface area contributed by atoms with E-state index in [1.54, 1.807) is 6.07 Å². The minimum atomic E-state index is -0.443. The Labute approximate surface area is 135 Å². The molecule has 1 heterocycles. The van der Waals surface area contributed by atoms with Crippen LogP contribution in [0.25, 0.3) is 11.0 Å². The van der Waals surface area contributed by atoms with E-state index in [2.05, 4.69) is 32.9 Å². The van der Waals surface area contributed by atoms with Gasteiger partial charge in [0.2, 0.25) is 5.76 Å². The Balaban J connectivity index is 1.66. The first-order valence-corrected chi connectivity index (χ1v) is 7.68. The molecule has 0 N–H and O–H groups in total. The Morgan fingerprint density at radius 1 is 1.04 bits per heavy atom. The van der Waals surface area contributed by atoms with E-state index >= 15 is 0 Å². The van der Waals surface area contributed by atoms with Gasteiger partial charge in [-0.25, -0.2) is 4.79 Å². The molecule has 0 atom stereocenters. The van der Waals surface area contributed by atoms with Gasteiger partial charge >= 0.3 is 5.97 Å². The highest BCUT2D eigenvalue weighted by atomic mass is 16.5. The number of carbonyl (C=O) groups is 1. The van der Waals surface area contributed by atoms with E-state index in [9.17, 15) is 4.79 Å². The lowest BCUT2D eigenvalue weighted by Crippen LogP contribution is -2.11. The monoisotopic (exact) mass is 308 g/mol. The summed E-state index contributed by atoms with van der Waals surface area (Å²) in [7, 11) is 0. The average molecular weight is 308 g/mol. The Hall–Kier alpha value is -2.55. The molecule has 3 rings (SSSR count). The van der Waals surface area contributed by atoms with Crippen molar-refractivity contribution < 1.29 is 13.9 Å². The Morgan fingerprint density at radius 3 is 2.39 bits per heavy atom. The van der Waals surface area contributed by atoms with Gasteiger partial charge in [0.05, 0.1) is 0 Å². The molecule has 0 saturated carbocycles. The van der Waals surface area contributed by atoms with Gasteiger partial charge in [-0.3, -0.25) is 0 Å². The van der Waals surface area contributed by atoms with E-state index in [0.29, 0.717) is 5.58 Å². The quantitative estimate of drug-likeness (QED) is 0.633. The smallest absolute Gasteiger partial charge is 0.374 e. The molecular weight excluding hydrogens is 288 g/mol. The summed E-state index contributed by atoms with van der Waals surface area (Å²) in [4.78, 5) is 12.1. The standard InChI is InChI=1S/C20H20O3/c1-20(2,3)16-10-8-14(9-11-16)13-22-19(21)18-12-15-6-4-5-7-17(15)23-18/h4-12H,13H2,1-3H3. The van der Waals surface area contributed by atoms with Gasteiger partial charge < -0.3 is 9.15 Å². The van der Waals surface area contributed by atoms with Crippen LogP contribution < -0.4 is 0 Å². The van der Waals surface area contributed by atoms with Gasteiger partial charge in [0.1, 0.15) is 12.2 Å². The second-order valence-corrected chi connectivity index (χ2v) is 6.67. The highest BCUT2D eigenvalue weighted by Crippen LogP contribution is 2.23. The number of esters is 1. The molecule has 2 aromatic carbocycles. The average Bonchev–Trinajstić information content (AvgIpc) is 2.96. The molecule has 0 aliphatic carbocycles. The van der Waals surface area contributed by atoms with Crippen LogP contribution in [0, 0.1) is 0 Å². The third-order valence-corrected chi connectivity index (χ3v) is 3.82. The number of ether oxygens (including phenoxy) is 1. The summed E-state index contributed by atoms with van der Waals surface area (Å²) in [5.74, 6) is -0.210. The van der Waals surface area contributed by atoms with Crippen LogP contribution in [0.15, 0.2) is 59.0 Å². The van der Waals surface area contributed by atoms with Crippen molar-refractivity contribution in [3.8, 4) is 0 Å². The molecule has 0 aliphatic rings. The van der Waals surface area contributed by atoms with E-state index in [1.807, 2.05) is 36.4 Å². The van der Waals surface area contributed by atoms with Crippen molar-refractivity contribution in [2.75, 3.05) is 0 Å². The van der Waals surface area contributed by atoms with Gasteiger partial charge in [-0.05, 0) is 28.7 Å². The van der Waals surface area contributed by atoms with E-state index < -0.39 is 5.97 Å². The van der Waals surface area contributed by atoms with Gasteiger partial charge in [-0.1, -0.05) is 63.2 Å². The molecule has 0 bridgehead atoms. The zero-order valence-electron chi connectivity index (χ0n) is 13.6. The number of fused-ring (bicyclic) bond motifs is 1. The van der Waals surface area contributed by atoms with Crippen molar-refractivity contribution in [1.82, 2.24) is 0 Å². The van der Waals surface area contributed by atoms with Crippen LogP contribution in [0.1, 0.15) is 42.5 Å². The number of rotatable bonds is 3. The number of hydrogen-bond donors (Lipinski definition) is 0. The molecule has 23 heavy (non-hydrogen) atoms. The molecule has 0 saturated heterocycles. The first-order chi connectivity index (χ1) is 10.9. The van der Waals surface area contributed by atoms with Crippen LogP contribution in [-0.2, 0) is 16.8 Å². The number of para-hydroxylation sites is 1. The molecule has 0 spiro atoms. The van der Waals surface area contributed by atoms with E-state index in [4.69, 9.17) is 9.15 Å². The molecule has 0 unspecified atom stereocenters. The maximum absolute atomic E-state index is 12.1. The number of benzene rings is 2. The van der Waals surface area contributed by atoms with Crippen molar-refractivity contribution in [2.45, 2.75) is 32.8 Å². The van der Waals surface area contributed by atoms with Gasteiger partial charge in [0.15, 0.2) is 0 Å². The van der Waals surface area contributed by atoms with Crippen molar-refractivity contribution in [3.05, 3.63) is 71.5 Å². The number of carbonyl (C=O) groups excluding carboxylic acids is 1. The van der Waals surface area contributed by atoms with Gasteiger partial charge in [-0.2, -0.15) is 0 Å². The fourth-order valence-corrected chi connectivity index (χ4v) is 2.40. The molecule has 0 radical (unpaired) electrons. The molecular formula is C20H20O3. The van der Waals surface area contributed by atoms with Crippen molar-refractivity contribution in [1.29, 1.82) is 0 Å². The Bertz CT molecular complexity index is 787. The van der Waals surface area contributed by atoms with Gasteiger partial charge in [0, 0.05) is 5.39 Å². The third-order valence-electron chi connectivity index (χ3n) is 3.82. The zero-order valence-corrected chi connectivity index (χ0v) is 13.6. The van der Waals surface area contributed by atoms with Crippen LogP contribution in [0.3, 0.4) is 0 Å². The molecule has 3 heteroatoms. The second-order valence-electron chi connectivity index (χ2n) is 6.67. The van der Waals surface area contributed by atoms with Crippen LogP contribution >= 0.6 is 0 Å². The molecule has 0 aliphatic heterocycles. The van der Waals surface area contributed by atoms with Gasteiger partial charge in [-0.15, -0.1) is 0 Å². The topological polar surface area (TPSA) is 39.4 Å². The highest BCUT2D eigenvalue weighted by Gasteiger charge is 2.15. The lowest BCUT2D eigenvalue weighted by atomic mass is 9.87. The number of furan rings is 1. The van der Waals surface area contributed by atoms with Crippen LogP contribution in [-0.4, -0.2) is 5.97 Å². The van der Waals surface area contributed by atoms with Crippen LogP contribution in [0.2, 0.25) is 0 Å². The molecule has 3 nitrogen and oxygen atoms in total. The first-order valence-electron chi connectivity index (χ1n) is 7.68. The largest absolute Gasteiger partial charge is 0.455 e. The van der Waals surface area contributed by atoms with E-state index in [0.717, 1.165) is 10.9 Å². The molecule has 3 aromatic rings. The summed E-state index contributed by atoms with van der Waals surface area (Å²) < 4.78 is 10.8. The molecule has 118 valence electrons. The second kappa shape index (κ2) is 5.92. The predicted molar refractivity (Wildman–Crippen MR) is 90.5 cm³/mol. The predicted octanol–water partition coefficient (Wildman–Crippen LogP) is 5.09. The minimum Gasteiger partial charge on any atom is -0.455 e. The van der Waals surface area contributed by atoms with E-state index in [-0.39, 0.29) is 17.8 Å². The summed E-state index contributed by atoms with van der Waals surface area (Å²) in [5, 5.41) is 0.897. The lowest BCUT2D eigenvalue weighted by molar-refractivity contribution is 0.0438. The molecule has 0 fully saturated rings. The molecule has 1 aromatic heterocycles. The highest BCUT2D eigenvalue weighted by molar-refractivity contribution is 5.92. The summed E-state index contributed by atoms with van der Waals surface area (Å²) in [5.41, 5.74) is 3.02. The summed E-state index contributed by atoms with van der Waals surface area (Å²) >= 11 is 0. The first kappa shape index (κ1) is 15.3. The minimum absolute atomic E-state index is 0.115. The Morgan fingerprint density at radius 2 is 1.74 bits per heavy atom. The molecule has 0 amide bonds. The van der Waals surface area contributed by atoms with E-state index in [1.165, 1.54) is 5.56 Å². The normalized spacial score (nSPS) is 11.6. The van der Waals surface area contributed by atoms with Crippen molar-refractivity contribution in [3.63, 3.8) is 0 Å². The maximum Gasteiger partial charge on any atom is 0.374 e. The lowest BCUT2D eigenvalue weighted by Gasteiger charge is -2.19. The summed E-state index contributed by atoms with van der Waals surface area (Å²) in [6, 6.07) is 17.4. The van der Waals surface area contributed by atoms with Crippen molar-refractivity contribution >= 4 is 16.9 Å².